The minimum Gasteiger partial charge on any atom is -0.499 e. The van der Waals surface area contributed by atoms with E-state index in [0.29, 0.717) is 13.2 Å². The summed E-state index contributed by atoms with van der Waals surface area (Å²) < 4.78 is 5.27. The molecule has 0 heterocycles. The Morgan fingerprint density at radius 3 is 2.48 bits per heavy atom. The number of carbonyl (C=O) groups is 2. The molecule has 0 bridgehead atoms. The highest BCUT2D eigenvalue weighted by molar-refractivity contribution is 5.82. The van der Waals surface area contributed by atoms with Crippen molar-refractivity contribution < 1.29 is 19.4 Å². The SMILES string of the molecule is C=C(C)OCCCCCCNC(=O)NC(Cc1ccccc1)C(=O)O. The van der Waals surface area contributed by atoms with Crippen LogP contribution in [0.25, 0.3) is 0 Å². The molecule has 1 aromatic rings. The highest BCUT2D eigenvalue weighted by atomic mass is 16.5. The first-order valence-corrected chi connectivity index (χ1v) is 8.58. The Labute approximate surface area is 149 Å². The Morgan fingerprint density at radius 1 is 1.16 bits per heavy atom. The molecular weight excluding hydrogens is 320 g/mol. The summed E-state index contributed by atoms with van der Waals surface area (Å²) in [4.78, 5) is 23.1. The highest BCUT2D eigenvalue weighted by Gasteiger charge is 2.19. The van der Waals surface area contributed by atoms with E-state index in [0.717, 1.165) is 37.0 Å². The zero-order valence-electron chi connectivity index (χ0n) is 14.8. The number of ether oxygens (including phenoxy) is 1. The second-order valence-electron chi connectivity index (χ2n) is 5.95. The van der Waals surface area contributed by atoms with Crippen molar-refractivity contribution in [3.63, 3.8) is 0 Å². The number of carboxylic acid groups (broad SMARTS) is 1. The smallest absolute Gasteiger partial charge is 0.326 e. The molecule has 2 amide bonds. The number of nitrogens with one attached hydrogen (secondary N) is 2. The summed E-state index contributed by atoms with van der Waals surface area (Å²) in [6.45, 7) is 6.68. The molecule has 0 fully saturated rings. The largest absolute Gasteiger partial charge is 0.499 e. The van der Waals surface area contributed by atoms with E-state index < -0.39 is 18.0 Å². The van der Waals surface area contributed by atoms with E-state index in [1.165, 1.54) is 0 Å². The monoisotopic (exact) mass is 348 g/mol. The van der Waals surface area contributed by atoms with Crippen LogP contribution >= 0.6 is 0 Å². The van der Waals surface area contributed by atoms with Gasteiger partial charge in [0.15, 0.2) is 0 Å². The first-order chi connectivity index (χ1) is 12.0. The van der Waals surface area contributed by atoms with Crippen LogP contribution in [0.15, 0.2) is 42.7 Å². The maximum atomic E-state index is 11.8. The predicted molar refractivity (Wildman–Crippen MR) is 97.3 cm³/mol. The van der Waals surface area contributed by atoms with Gasteiger partial charge in [0.1, 0.15) is 6.04 Å². The van der Waals surface area contributed by atoms with Crippen LogP contribution in [0.5, 0.6) is 0 Å². The Balaban J connectivity index is 2.18. The molecule has 3 N–H and O–H groups in total. The number of urea groups is 1. The van der Waals surface area contributed by atoms with Crippen molar-refractivity contribution in [2.75, 3.05) is 13.2 Å². The highest BCUT2D eigenvalue weighted by Crippen LogP contribution is 2.04. The first-order valence-electron chi connectivity index (χ1n) is 8.58. The number of hydrogen-bond acceptors (Lipinski definition) is 3. The van der Waals surface area contributed by atoms with Gasteiger partial charge in [0.2, 0.25) is 0 Å². The van der Waals surface area contributed by atoms with Crippen LogP contribution in [0.3, 0.4) is 0 Å². The Kier molecular flexibility index (Phi) is 9.82. The Bertz CT molecular complexity index is 546. The van der Waals surface area contributed by atoms with Crippen LogP contribution in [0.1, 0.15) is 38.2 Å². The fourth-order valence-corrected chi connectivity index (χ4v) is 2.29. The fraction of sp³-hybridized carbons (Fsp3) is 0.474. The van der Waals surface area contributed by atoms with Gasteiger partial charge in [-0.05, 0) is 25.3 Å². The fourth-order valence-electron chi connectivity index (χ4n) is 2.29. The summed E-state index contributed by atoms with van der Waals surface area (Å²) in [6, 6.07) is 7.84. The van der Waals surface area contributed by atoms with Crippen molar-refractivity contribution in [2.24, 2.45) is 0 Å². The minimum absolute atomic E-state index is 0.256. The average Bonchev–Trinajstić information content (AvgIpc) is 2.57. The van der Waals surface area contributed by atoms with E-state index in [2.05, 4.69) is 17.2 Å². The number of carboxylic acids is 1. The molecule has 0 saturated heterocycles. The molecule has 0 aromatic heterocycles. The topological polar surface area (TPSA) is 87.7 Å². The number of hydrogen-bond donors (Lipinski definition) is 3. The number of rotatable bonds is 12. The molecule has 1 atom stereocenters. The van der Waals surface area contributed by atoms with Gasteiger partial charge in [0, 0.05) is 13.0 Å². The summed E-state index contributed by atoms with van der Waals surface area (Å²) in [5.41, 5.74) is 0.868. The molecule has 0 spiro atoms. The lowest BCUT2D eigenvalue weighted by Crippen LogP contribution is -2.47. The molecule has 0 aliphatic carbocycles. The summed E-state index contributed by atoms with van der Waals surface area (Å²) in [7, 11) is 0. The van der Waals surface area contributed by atoms with Crippen molar-refractivity contribution >= 4 is 12.0 Å². The molecular formula is C19H28N2O4. The minimum atomic E-state index is -1.04. The predicted octanol–water partition coefficient (Wildman–Crippen LogP) is 3.09. The molecule has 1 rings (SSSR count). The molecule has 6 nitrogen and oxygen atoms in total. The maximum absolute atomic E-state index is 11.8. The van der Waals surface area contributed by atoms with E-state index in [-0.39, 0.29) is 6.42 Å². The summed E-state index contributed by atoms with van der Waals surface area (Å²) in [5.74, 6) is -0.321. The number of allylic oxidation sites excluding steroid dienone is 1. The van der Waals surface area contributed by atoms with Gasteiger partial charge >= 0.3 is 12.0 Å². The number of carbonyl (C=O) groups excluding carboxylic acids is 1. The third-order valence-electron chi connectivity index (χ3n) is 3.59. The molecule has 6 heteroatoms. The maximum Gasteiger partial charge on any atom is 0.326 e. The standard InChI is InChI=1S/C19H28N2O4/c1-15(2)25-13-9-4-3-8-12-20-19(24)21-17(18(22)23)14-16-10-6-5-7-11-16/h5-7,10-11,17H,1,3-4,8-9,12-14H2,2H3,(H,22,23)(H2,20,21,24). The van der Waals surface area contributed by atoms with Gasteiger partial charge < -0.3 is 20.5 Å². The molecule has 25 heavy (non-hydrogen) atoms. The zero-order chi connectivity index (χ0) is 18.5. The Hall–Kier alpha value is -2.50. The van der Waals surface area contributed by atoms with Crippen LogP contribution in [-0.2, 0) is 16.0 Å². The van der Waals surface area contributed by atoms with E-state index in [9.17, 15) is 14.7 Å². The second-order valence-corrected chi connectivity index (χ2v) is 5.95. The molecule has 0 aliphatic rings. The average molecular weight is 348 g/mol. The van der Waals surface area contributed by atoms with E-state index in [1.54, 1.807) is 0 Å². The van der Waals surface area contributed by atoms with Crippen LogP contribution in [0, 0.1) is 0 Å². The van der Waals surface area contributed by atoms with Gasteiger partial charge in [-0.15, -0.1) is 0 Å². The lowest BCUT2D eigenvalue weighted by atomic mass is 10.1. The lowest BCUT2D eigenvalue weighted by molar-refractivity contribution is -0.139. The summed E-state index contributed by atoms with van der Waals surface area (Å²) in [6.07, 6.45) is 4.05. The van der Waals surface area contributed by atoms with Crippen molar-refractivity contribution in [2.45, 2.75) is 45.1 Å². The second kappa shape index (κ2) is 11.9. The van der Waals surface area contributed by atoms with Gasteiger partial charge in [0.05, 0.1) is 12.4 Å². The van der Waals surface area contributed by atoms with Crippen molar-refractivity contribution in [1.29, 1.82) is 0 Å². The van der Waals surface area contributed by atoms with Gasteiger partial charge in [-0.1, -0.05) is 49.8 Å². The van der Waals surface area contributed by atoms with Crippen molar-refractivity contribution in [1.82, 2.24) is 10.6 Å². The molecule has 0 saturated carbocycles. The zero-order valence-corrected chi connectivity index (χ0v) is 14.8. The first kappa shape index (κ1) is 20.5. The van der Waals surface area contributed by atoms with E-state index in [1.807, 2.05) is 37.3 Å². The van der Waals surface area contributed by atoms with Crippen LogP contribution in [-0.4, -0.2) is 36.3 Å². The number of amides is 2. The van der Waals surface area contributed by atoms with Crippen LogP contribution in [0.4, 0.5) is 4.79 Å². The molecule has 1 aromatic carbocycles. The van der Waals surface area contributed by atoms with Crippen LogP contribution in [0.2, 0.25) is 0 Å². The quantitative estimate of drug-likeness (QED) is 0.400. The van der Waals surface area contributed by atoms with E-state index >= 15 is 0 Å². The summed E-state index contributed by atoms with van der Waals surface area (Å²) >= 11 is 0. The van der Waals surface area contributed by atoms with Crippen molar-refractivity contribution in [3.8, 4) is 0 Å². The van der Waals surface area contributed by atoms with Gasteiger partial charge in [0.25, 0.3) is 0 Å². The number of unbranched alkanes of at least 4 members (excludes halogenated alkanes) is 3. The number of benzene rings is 1. The molecule has 0 radical (unpaired) electrons. The molecule has 0 aliphatic heterocycles. The third kappa shape index (κ3) is 10.1. The van der Waals surface area contributed by atoms with Gasteiger partial charge in [-0.25, -0.2) is 9.59 Å². The van der Waals surface area contributed by atoms with E-state index in [4.69, 9.17) is 4.74 Å². The van der Waals surface area contributed by atoms with Gasteiger partial charge in [-0.3, -0.25) is 0 Å². The van der Waals surface area contributed by atoms with Crippen molar-refractivity contribution in [3.05, 3.63) is 48.2 Å². The number of aliphatic carboxylic acids is 1. The molecule has 1 unspecified atom stereocenters. The van der Waals surface area contributed by atoms with Crippen LogP contribution < -0.4 is 10.6 Å². The van der Waals surface area contributed by atoms with Gasteiger partial charge in [-0.2, -0.15) is 0 Å². The Morgan fingerprint density at radius 2 is 1.84 bits per heavy atom. The third-order valence-corrected chi connectivity index (χ3v) is 3.59. The summed E-state index contributed by atoms with van der Waals surface area (Å²) in [5, 5.41) is 14.5. The lowest BCUT2D eigenvalue weighted by Gasteiger charge is -2.15. The molecule has 138 valence electrons. The normalized spacial score (nSPS) is 11.4.